The van der Waals surface area contributed by atoms with Gasteiger partial charge in [-0.15, -0.1) is 0 Å². The van der Waals surface area contributed by atoms with Gasteiger partial charge in [0.15, 0.2) is 0 Å². The first-order chi connectivity index (χ1) is 6.95. The maximum Gasteiger partial charge on any atom is 0.336 e. The Morgan fingerprint density at radius 3 is 2.47 bits per heavy atom. The Labute approximate surface area is 82.1 Å². The Morgan fingerprint density at radius 1 is 1.47 bits per heavy atom. The molecule has 7 heteroatoms. The van der Waals surface area contributed by atoms with E-state index in [1.54, 1.807) is 0 Å². The average Bonchev–Trinajstić information content (AvgIpc) is 2.16. The predicted molar refractivity (Wildman–Crippen MR) is 45.0 cm³/mol. The van der Waals surface area contributed by atoms with E-state index >= 15 is 0 Å². The molecule has 0 aliphatic rings. The summed E-state index contributed by atoms with van der Waals surface area (Å²) in [6.45, 7) is 0. The molecule has 0 saturated carbocycles. The SMILES string of the molecule is O=C(O)c1cccc([N+](=O)[O-])c1C(F)F. The third-order valence-electron chi connectivity index (χ3n) is 1.73. The second-order valence-corrected chi connectivity index (χ2v) is 2.60. The first-order valence-corrected chi connectivity index (χ1v) is 3.74. The van der Waals surface area contributed by atoms with E-state index in [1.807, 2.05) is 0 Å². The van der Waals surface area contributed by atoms with Gasteiger partial charge in [0.25, 0.3) is 12.1 Å². The molecule has 1 aromatic carbocycles. The largest absolute Gasteiger partial charge is 0.478 e. The molecule has 0 saturated heterocycles. The second-order valence-electron chi connectivity index (χ2n) is 2.60. The molecule has 0 bridgehead atoms. The summed E-state index contributed by atoms with van der Waals surface area (Å²) in [7, 11) is 0. The minimum Gasteiger partial charge on any atom is -0.478 e. The van der Waals surface area contributed by atoms with Crippen LogP contribution in [0.1, 0.15) is 22.3 Å². The van der Waals surface area contributed by atoms with Crippen molar-refractivity contribution in [3.8, 4) is 0 Å². The van der Waals surface area contributed by atoms with Crippen LogP contribution in [0.2, 0.25) is 0 Å². The van der Waals surface area contributed by atoms with E-state index in [4.69, 9.17) is 5.11 Å². The molecule has 80 valence electrons. The molecule has 0 aliphatic heterocycles. The number of nitro groups is 1. The van der Waals surface area contributed by atoms with Crippen LogP contribution in [0.4, 0.5) is 14.5 Å². The maximum atomic E-state index is 12.4. The number of hydrogen-bond donors (Lipinski definition) is 1. The summed E-state index contributed by atoms with van der Waals surface area (Å²) in [6, 6.07) is 2.79. The van der Waals surface area contributed by atoms with Crippen molar-refractivity contribution in [3.05, 3.63) is 39.4 Å². The number of hydrogen-bond acceptors (Lipinski definition) is 3. The lowest BCUT2D eigenvalue weighted by molar-refractivity contribution is -0.386. The number of rotatable bonds is 3. The van der Waals surface area contributed by atoms with Crippen molar-refractivity contribution >= 4 is 11.7 Å². The molecule has 5 nitrogen and oxygen atoms in total. The molecule has 1 N–H and O–H groups in total. The first-order valence-electron chi connectivity index (χ1n) is 3.74. The highest BCUT2D eigenvalue weighted by Crippen LogP contribution is 2.31. The van der Waals surface area contributed by atoms with Crippen molar-refractivity contribution in [2.24, 2.45) is 0 Å². The zero-order chi connectivity index (χ0) is 11.6. The smallest absolute Gasteiger partial charge is 0.336 e. The molecule has 0 unspecified atom stereocenters. The van der Waals surface area contributed by atoms with Gasteiger partial charge < -0.3 is 5.11 Å². The van der Waals surface area contributed by atoms with Gasteiger partial charge in [-0.1, -0.05) is 6.07 Å². The fourth-order valence-corrected chi connectivity index (χ4v) is 1.13. The van der Waals surface area contributed by atoms with Crippen LogP contribution in [0.25, 0.3) is 0 Å². The Hall–Kier alpha value is -2.05. The van der Waals surface area contributed by atoms with Crippen molar-refractivity contribution in [1.82, 2.24) is 0 Å². The maximum absolute atomic E-state index is 12.4. The third-order valence-corrected chi connectivity index (χ3v) is 1.73. The van der Waals surface area contributed by atoms with Crippen LogP contribution in [0.3, 0.4) is 0 Å². The van der Waals surface area contributed by atoms with Crippen molar-refractivity contribution in [1.29, 1.82) is 0 Å². The molecule has 1 rings (SSSR count). The van der Waals surface area contributed by atoms with Gasteiger partial charge in [0.05, 0.1) is 10.5 Å². The summed E-state index contributed by atoms with van der Waals surface area (Å²) < 4.78 is 24.9. The molecular formula is C8H5F2NO4. The van der Waals surface area contributed by atoms with Crippen molar-refractivity contribution in [2.75, 3.05) is 0 Å². The Balaban J connectivity index is 3.48. The quantitative estimate of drug-likeness (QED) is 0.621. The van der Waals surface area contributed by atoms with Crippen LogP contribution < -0.4 is 0 Å². The lowest BCUT2D eigenvalue weighted by Gasteiger charge is -2.04. The number of carboxylic acids is 1. The van der Waals surface area contributed by atoms with Gasteiger partial charge in [-0.05, 0) is 6.07 Å². The molecule has 0 amide bonds. The topological polar surface area (TPSA) is 80.4 Å². The van der Waals surface area contributed by atoms with Crippen molar-refractivity contribution in [3.63, 3.8) is 0 Å². The van der Waals surface area contributed by atoms with Crippen LogP contribution in [0, 0.1) is 10.1 Å². The molecule has 0 atom stereocenters. The van der Waals surface area contributed by atoms with E-state index in [1.165, 1.54) is 0 Å². The van der Waals surface area contributed by atoms with Crippen molar-refractivity contribution < 1.29 is 23.6 Å². The summed E-state index contributed by atoms with van der Waals surface area (Å²) >= 11 is 0. The number of nitrogens with zero attached hydrogens (tertiary/aromatic N) is 1. The highest BCUT2D eigenvalue weighted by Gasteiger charge is 2.27. The minimum atomic E-state index is -3.20. The molecule has 0 radical (unpaired) electrons. The summed E-state index contributed by atoms with van der Waals surface area (Å²) in [5, 5.41) is 18.9. The van der Waals surface area contributed by atoms with Gasteiger partial charge in [0.1, 0.15) is 5.56 Å². The molecule has 1 aromatic rings. The van der Waals surface area contributed by atoms with E-state index in [0.717, 1.165) is 18.2 Å². The molecule has 0 aliphatic carbocycles. The molecule has 0 fully saturated rings. The number of carboxylic acid groups (broad SMARTS) is 1. The minimum absolute atomic E-state index is 0.751. The molecule has 0 heterocycles. The van der Waals surface area contributed by atoms with Crippen LogP contribution in [-0.4, -0.2) is 16.0 Å². The summed E-state index contributed by atoms with van der Waals surface area (Å²) in [4.78, 5) is 19.9. The Morgan fingerprint density at radius 2 is 2.07 bits per heavy atom. The Bertz CT molecular complexity index is 387. The molecule has 15 heavy (non-hydrogen) atoms. The molecule has 0 aromatic heterocycles. The zero-order valence-corrected chi connectivity index (χ0v) is 7.18. The molecule has 0 spiro atoms. The lowest BCUT2D eigenvalue weighted by Crippen LogP contribution is -2.06. The summed E-state index contributed by atoms with van der Waals surface area (Å²) in [5.74, 6) is -1.62. The normalized spacial score (nSPS) is 10.3. The summed E-state index contributed by atoms with van der Waals surface area (Å²) in [5.41, 5.74) is -2.70. The van der Waals surface area contributed by atoms with Gasteiger partial charge in [0.2, 0.25) is 0 Å². The Kier molecular flexibility index (Phi) is 2.93. The summed E-state index contributed by atoms with van der Waals surface area (Å²) in [6.07, 6.45) is -3.20. The average molecular weight is 217 g/mol. The predicted octanol–water partition coefficient (Wildman–Crippen LogP) is 2.23. The number of benzene rings is 1. The van der Waals surface area contributed by atoms with E-state index in [0.29, 0.717) is 0 Å². The third kappa shape index (κ3) is 2.06. The van der Waals surface area contributed by atoms with Crippen LogP contribution in [0.5, 0.6) is 0 Å². The highest BCUT2D eigenvalue weighted by molar-refractivity contribution is 5.90. The second kappa shape index (κ2) is 3.99. The van der Waals surface area contributed by atoms with E-state index in [-0.39, 0.29) is 0 Å². The highest BCUT2D eigenvalue weighted by atomic mass is 19.3. The van der Waals surface area contributed by atoms with Crippen molar-refractivity contribution in [2.45, 2.75) is 6.43 Å². The lowest BCUT2D eigenvalue weighted by atomic mass is 10.1. The number of nitro benzene ring substituents is 1. The number of carbonyl (C=O) groups is 1. The van der Waals surface area contributed by atoms with Gasteiger partial charge in [-0.3, -0.25) is 10.1 Å². The van der Waals surface area contributed by atoms with E-state index in [9.17, 15) is 23.7 Å². The fraction of sp³-hybridized carbons (Fsp3) is 0.125. The van der Waals surface area contributed by atoms with Crippen LogP contribution >= 0.6 is 0 Å². The van der Waals surface area contributed by atoms with Crippen LogP contribution in [0.15, 0.2) is 18.2 Å². The van der Waals surface area contributed by atoms with Gasteiger partial charge in [-0.25, -0.2) is 13.6 Å². The monoisotopic (exact) mass is 217 g/mol. The van der Waals surface area contributed by atoms with E-state index in [2.05, 4.69) is 0 Å². The number of aromatic carboxylic acids is 1. The number of halogens is 2. The first kappa shape index (κ1) is 11.0. The van der Waals surface area contributed by atoms with Gasteiger partial charge in [-0.2, -0.15) is 0 Å². The standard InChI is InChI=1S/C8H5F2NO4/c9-7(10)6-4(8(12)13)2-1-3-5(6)11(14)15/h1-3,7H,(H,12,13). The fourth-order valence-electron chi connectivity index (χ4n) is 1.13. The van der Waals surface area contributed by atoms with Gasteiger partial charge >= 0.3 is 5.97 Å². The van der Waals surface area contributed by atoms with E-state index < -0.39 is 34.1 Å². The molecular weight excluding hydrogens is 212 g/mol. The van der Waals surface area contributed by atoms with Crippen LogP contribution in [-0.2, 0) is 0 Å². The number of alkyl halides is 2. The van der Waals surface area contributed by atoms with Gasteiger partial charge in [0, 0.05) is 6.07 Å². The zero-order valence-electron chi connectivity index (χ0n) is 7.18.